The first kappa shape index (κ1) is 19.9. The van der Waals surface area contributed by atoms with E-state index in [1.54, 1.807) is 6.20 Å². The average Bonchev–Trinajstić information content (AvgIpc) is 3.26. The average molecular weight is 383 g/mol. The molecule has 3 rings (SSSR count). The van der Waals surface area contributed by atoms with Gasteiger partial charge in [-0.15, -0.1) is 0 Å². The predicted octanol–water partition coefficient (Wildman–Crippen LogP) is 4.25. The van der Waals surface area contributed by atoms with Crippen LogP contribution in [0.1, 0.15) is 51.9 Å². The van der Waals surface area contributed by atoms with Crippen molar-refractivity contribution in [2.75, 3.05) is 6.54 Å². The molecule has 1 atom stereocenters. The molecule has 1 aromatic carbocycles. The number of fused-ring (bicyclic) bond motifs is 1. The van der Waals surface area contributed by atoms with Crippen LogP contribution in [0.3, 0.4) is 0 Å². The van der Waals surface area contributed by atoms with Gasteiger partial charge in [-0.3, -0.25) is 0 Å². The number of aromatic nitrogens is 3. The number of unbranched alkanes of at least 4 members (excludes halogenated alkanes) is 1. The third-order valence-corrected chi connectivity index (χ3v) is 4.44. The number of carbonyl (C=O) groups is 1. The van der Waals surface area contributed by atoms with Gasteiger partial charge < -0.3 is 25.8 Å². The van der Waals surface area contributed by atoms with Crippen molar-refractivity contribution in [1.29, 1.82) is 0 Å². The van der Waals surface area contributed by atoms with Gasteiger partial charge in [-0.1, -0.05) is 18.2 Å². The van der Waals surface area contributed by atoms with Crippen LogP contribution >= 0.6 is 0 Å². The summed E-state index contributed by atoms with van der Waals surface area (Å²) in [6.07, 6.45) is 5.83. The summed E-state index contributed by atoms with van der Waals surface area (Å²) < 4.78 is 5.41. The minimum absolute atomic E-state index is 0.264. The lowest BCUT2D eigenvalue weighted by atomic mass is 10.1. The Labute approximate surface area is 165 Å². The van der Waals surface area contributed by atoms with Crippen molar-refractivity contribution >= 4 is 17.0 Å². The summed E-state index contributed by atoms with van der Waals surface area (Å²) in [7, 11) is 0. The van der Waals surface area contributed by atoms with Gasteiger partial charge in [0.2, 0.25) is 0 Å². The number of hydrogen-bond donors (Lipinski definition) is 4. The molecule has 2 aromatic heterocycles. The van der Waals surface area contributed by atoms with Crippen molar-refractivity contribution in [2.24, 2.45) is 5.73 Å². The van der Waals surface area contributed by atoms with E-state index in [1.165, 1.54) is 0 Å². The molecule has 1 unspecified atom stereocenters. The Kier molecular flexibility index (Phi) is 6.04. The van der Waals surface area contributed by atoms with Gasteiger partial charge in [0, 0.05) is 22.7 Å². The quantitative estimate of drug-likeness (QED) is 0.457. The standard InChI is InChI=1S/C21H29N5O2/c1-21(2,3)28-20(27)26-17(10-6-7-11-22)19-24-13-18(25-19)15-12-23-16-9-5-4-8-14(15)16/h4-5,8-9,12-13,17,23H,6-7,10-11,22H2,1-3H3,(H,24,25)(H,26,27). The number of nitrogens with one attached hydrogen (secondary N) is 3. The first-order chi connectivity index (χ1) is 13.4. The van der Waals surface area contributed by atoms with Crippen LogP contribution in [-0.4, -0.2) is 33.2 Å². The molecule has 28 heavy (non-hydrogen) atoms. The molecule has 0 aliphatic heterocycles. The molecule has 150 valence electrons. The molecule has 7 nitrogen and oxygen atoms in total. The molecule has 0 spiro atoms. The minimum atomic E-state index is -0.551. The Bertz CT molecular complexity index is 922. The number of amides is 1. The first-order valence-corrected chi connectivity index (χ1v) is 9.68. The summed E-state index contributed by atoms with van der Waals surface area (Å²) in [5.41, 5.74) is 8.09. The van der Waals surface area contributed by atoms with Gasteiger partial charge in [-0.2, -0.15) is 0 Å². The molecule has 1 amide bonds. The van der Waals surface area contributed by atoms with Crippen molar-refractivity contribution < 1.29 is 9.53 Å². The Morgan fingerprint density at radius 1 is 1.29 bits per heavy atom. The number of para-hydroxylation sites is 1. The van der Waals surface area contributed by atoms with E-state index in [0.29, 0.717) is 12.4 Å². The molecule has 0 aliphatic carbocycles. The second-order valence-electron chi connectivity index (χ2n) is 7.91. The van der Waals surface area contributed by atoms with Crippen molar-refractivity contribution in [1.82, 2.24) is 20.3 Å². The van der Waals surface area contributed by atoms with Crippen LogP contribution in [0.15, 0.2) is 36.7 Å². The molecular weight excluding hydrogens is 354 g/mol. The lowest BCUT2D eigenvalue weighted by Gasteiger charge is -2.23. The minimum Gasteiger partial charge on any atom is -0.444 e. The Morgan fingerprint density at radius 3 is 2.82 bits per heavy atom. The number of nitrogens with two attached hydrogens (primary N) is 1. The number of ether oxygens (including phenoxy) is 1. The maximum atomic E-state index is 12.3. The fourth-order valence-electron chi connectivity index (χ4n) is 3.16. The van der Waals surface area contributed by atoms with Gasteiger partial charge in [0.25, 0.3) is 0 Å². The number of imidazole rings is 1. The lowest BCUT2D eigenvalue weighted by molar-refractivity contribution is 0.0498. The van der Waals surface area contributed by atoms with Crippen LogP contribution in [0.25, 0.3) is 22.2 Å². The van der Waals surface area contributed by atoms with Crippen molar-refractivity contribution in [2.45, 2.75) is 51.7 Å². The largest absolute Gasteiger partial charge is 0.444 e. The molecule has 0 aliphatic rings. The van der Waals surface area contributed by atoms with Gasteiger partial charge in [0.05, 0.1) is 17.9 Å². The topological polar surface area (TPSA) is 109 Å². The van der Waals surface area contributed by atoms with Crippen LogP contribution in [-0.2, 0) is 4.74 Å². The number of aromatic amines is 2. The third kappa shape index (κ3) is 4.92. The first-order valence-electron chi connectivity index (χ1n) is 9.68. The number of alkyl carbamates (subject to hydrolysis) is 1. The summed E-state index contributed by atoms with van der Waals surface area (Å²) in [4.78, 5) is 23.5. The van der Waals surface area contributed by atoms with Crippen LogP contribution in [0.4, 0.5) is 4.79 Å². The molecule has 0 fully saturated rings. The predicted molar refractivity (Wildman–Crippen MR) is 111 cm³/mol. The Hall–Kier alpha value is -2.80. The van der Waals surface area contributed by atoms with E-state index in [0.717, 1.165) is 41.4 Å². The summed E-state index contributed by atoms with van der Waals surface area (Å²) in [6.45, 7) is 6.16. The zero-order valence-corrected chi connectivity index (χ0v) is 16.7. The number of carbonyl (C=O) groups excluding carboxylic acids is 1. The van der Waals surface area contributed by atoms with E-state index in [-0.39, 0.29) is 6.04 Å². The third-order valence-electron chi connectivity index (χ3n) is 4.44. The maximum Gasteiger partial charge on any atom is 0.408 e. The monoisotopic (exact) mass is 383 g/mol. The fourth-order valence-corrected chi connectivity index (χ4v) is 3.16. The molecule has 0 radical (unpaired) electrons. The Balaban J connectivity index is 1.81. The number of nitrogens with zero attached hydrogens (tertiary/aromatic N) is 1. The van der Waals surface area contributed by atoms with E-state index in [2.05, 4.69) is 26.3 Å². The molecule has 7 heteroatoms. The van der Waals surface area contributed by atoms with Crippen LogP contribution < -0.4 is 11.1 Å². The van der Waals surface area contributed by atoms with E-state index < -0.39 is 11.7 Å². The summed E-state index contributed by atoms with van der Waals surface area (Å²) in [6, 6.07) is 7.85. The van der Waals surface area contributed by atoms with Gasteiger partial charge in [-0.05, 0) is 52.6 Å². The van der Waals surface area contributed by atoms with E-state index >= 15 is 0 Å². The summed E-state index contributed by atoms with van der Waals surface area (Å²) >= 11 is 0. The highest BCUT2D eigenvalue weighted by Crippen LogP contribution is 2.28. The second-order valence-corrected chi connectivity index (χ2v) is 7.91. The fraction of sp³-hybridized carbons (Fsp3) is 0.429. The van der Waals surface area contributed by atoms with E-state index in [4.69, 9.17) is 10.5 Å². The summed E-state index contributed by atoms with van der Waals surface area (Å²) in [5.74, 6) is 0.711. The highest BCUT2D eigenvalue weighted by atomic mass is 16.6. The maximum absolute atomic E-state index is 12.3. The van der Waals surface area contributed by atoms with Crippen molar-refractivity contribution in [3.63, 3.8) is 0 Å². The van der Waals surface area contributed by atoms with E-state index in [9.17, 15) is 4.79 Å². The molecule has 5 N–H and O–H groups in total. The van der Waals surface area contributed by atoms with Crippen molar-refractivity contribution in [3.05, 3.63) is 42.5 Å². The SMILES string of the molecule is CC(C)(C)OC(=O)NC(CCCCN)c1ncc(-c2c[nH]c3ccccc23)[nH]1. The van der Waals surface area contributed by atoms with Crippen LogP contribution in [0.2, 0.25) is 0 Å². The molecule has 0 bridgehead atoms. The van der Waals surface area contributed by atoms with Crippen LogP contribution in [0, 0.1) is 0 Å². The smallest absolute Gasteiger partial charge is 0.408 e. The van der Waals surface area contributed by atoms with Gasteiger partial charge in [-0.25, -0.2) is 9.78 Å². The molecular formula is C21H29N5O2. The zero-order chi connectivity index (χ0) is 20.1. The zero-order valence-electron chi connectivity index (χ0n) is 16.7. The molecule has 0 saturated carbocycles. The van der Waals surface area contributed by atoms with Gasteiger partial charge >= 0.3 is 6.09 Å². The lowest BCUT2D eigenvalue weighted by Crippen LogP contribution is -2.35. The molecule has 2 heterocycles. The molecule has 3 aromatic rings. The number of hydrogen-bond acceptors (Lipinski definition) is 4. The van der Waals surface area contributed by atoms with E-state index in [1.807, 2.05) is 45.2 Å². The number of H-pyrrole nitrogens is 2. The summed E-state index contributed by atoms with van der Waals surface area (Å²) in [5, 5.41) is 4.06. The normalized spacial score (nSPS) is 12.9. The molecule has 0 saturated heterocycles. The van der Waals surface area contributed by atoms with Gasteiger partial charge in [0.15, 0.2) is 0 Å². The number of rotatable bonds is 7. The second kappa shape index (κ2) is 8.48. The Morgan fingerprint density at radius 2 is 2.07 bits per heavy atom. The van der Waals surface area contributed by atoms with Crippen molar-refractivity contribution in [3.8, 4) is 11.3 Å². The van der Waals surface area contributed by atoms with Crippen LogP contribution in [0.5, 0.6) is 0 Å². The highest BCUT2D eigenvalue weighted by molar-refractivity contribution is 5.94. The number of benzene rings is 1. The highest BCUT2D eigenvalue weighted by Gasteiger charge is 2.22. The van der Waals surface area contributed by atoms with Gasteiger partial charge in [0.1, 0.15) is 11.4 Å².